The van der Waals surface area contributed by atoms with Gasteiger partial charge in [0.1, 0.15) is 12.1 Å². The number of urea groups is 1. The Hall–Kier alpha value is -3.76. The molecule has 10 heteroatoms. The fourth-order valence-electron chi connectivity index (χ4n) is 5.53. The minimum absolute atomic E-state index is 0.181. The number of ether oxygens (including phenoxy) is 2. The summed E-state index contributed by atoms with van der Waals surface area (Å²) in [4.78, 5) is 54.6. The topological polar surface area (TPSA) is 126 Å². The van der Waals surface area contributed by atoms with Crippen LogP contribution in [0.3, 0.4) is 0 Å². The summed E-state index contributed by atoms with van der Waals surface area (Å²) in [5.41, 5.74) is 1.94. The van der Waals surface area contributed by atoms with Gasteiger partial charge in [-0.1, -0.05) is 92.8 Å². The molecule has 0 radical (unpaired) electrons. The van der Waals surface area contributed by atoms with Gasteiger partial charge in [0.2, 0.25) is 11.7 Å². The summed E-state index contributed by atoms with van der Waals surface area (Å²) in [5.74, 6) is -1.78. The van der Waals surface area contributed by atoms with Crippen LogP contribution in [0.1, 0.15) is 49.7 Å². The first-order chi connectivity index (χ1) is 21.0. The number of Topliss-reactive ketones (excluding diaryl/α,β-unsaturated/α-hetero) is 1. The number of benzene rings is 2. The lowest BCUT2D eigenvalue weighted by Gasteiger charge is -2.31. The Labute approximate surface area is 253 Å². The third-order valence-electron chi connectivity index (χ3n) is 8.00. The minimum atomic E-state index is -1.21. The molecule has 3 N–H and O–H groups in total. The number of ketones is 1. The summed E-state index contributed by atoms with van der Waals surface area (Å²) in [6.07, 6.45) is 6.37. The molecule has 0 unspecified atom stereocenters. The Morgan fingerprint density at radius 2 is 1.49 bits per heavy atom. The van der Waals surface area contributed by atoms with Crippen molar-refractivity contribution in [1.82, 2.24) is 20.9 Å². The van der Waals surface area contributed by atoms with Crippen LogP contribution in [0.4, 0.5) is 4.79 Å². The van der Waals surface area contributed by atoms with Crippen LogP contribution < -0.4 is 16.0 Å². The molecule has 4 rings (SSSR count). The Kier molecular flexibility index (Phi) is 13.0. The third-order valence-corrected chi connectivity index (χ3v) is 8.00. The molecule has 1 aliphatic heterocycles. The third kappa shape index (κ3) is 10.8. The molecule has 10 nitrogen and oxygen atoms in total. The number of carbonyl (C=O) groups excluding carboxylic acids is 4. The van der Waals surface area contributed by atoms with Crippen LogP contribution in [-0.2, 0) is 36.9 Å². The van der Waals surface area contributed by atoms with Crippen LogP contribution in [0.2, 0.25) is 0 Å². The highest BCUT2D eigenvalue weighted by Gasteiger charge is 2.33. The zero-order valence-electron chi connectivity index (χ0n) is 24.8. The lowest BCUT2D eigenvalue weighted by Crippen LogP contribution is -2.58. The molecule has 4 amide bonds. The number of carbonyl (C=O) groups is 4. The Balaban J connectivity index is 1.42. The Bertz CT molecular complexity index is 1170. The highest BCUT2D eigenvalue weighted by molar-refractivity contribution is 6.38. The van der Waals surface area contributed by atoms with E-state index in [-0.39, 0.29) is 25.8 Å². The van der Waals surface area contributed by atoms with Crippen LogP contribution in [0, 0.1) is 5.92 Å². The SMILES string of the molecule is O=C(NCCc1ccccc1)C(=O)[C@@H](COCc1ccccc1)NC(=O)[C@H](CC1CCCCC1)NC(=O)N1CCOCC1. The van der Waals surface area contributed by atoms with Gasteiger partial charge in [-0.25, -0.2) is 4.79 Å². The second kappa shape index (κ2) is 17.4. The Morgan fingerprint density at radius 1 is 0.837 bits per heavy atom. The summed E-state index contributed by atoms with van der Waals surface area (Å²) in [6, 6.07) is 16.7. The number of hydrogen-bond acceptors (Lipinski definition) is 6. The molecular weight excluding hydrogens is 548 g/mol. The summed E-state index contributed by atoms with van der Waals surface area (Å²) in [6.45, 7) is 2.10. The van der Waals surface area contributed by atoms with Crippen LogP contribution >= 0.6 is 0 Å². The van der Waals surface area contributed by atoms with Crippen molar-refractivity contribution < 1.29 is 28.7 Å². The lowest BCUT2D eigenvalue weighted by atomic mass is 9.84. The van der Waals surface area contributed by atoms with E-state index in [9.17, 15) is 19.2 Å². The normalized spacial score (nSPS) is 17.0. The molecule has 1 aliphatic carbocycles. The van der Waals surface area contributed by atoms with Crippen LogP contribution in [0.25, 0.3) is 0 Å². The average Bonchev–Trinajstić information content (AvgIpc) is 3.05. The van der Waals surface area contributed by atoms with Crippen LogP contribution in [-0.4, -0.2) is 80.1 Å². The molecule has 0 spiro atoms. The largest absolute Gasteiger partial charge is 0.378 e. The van der Waals surface area contributed by atoms with Gasteiger partial charge in [-0.05, 0) is 29.9 Å². The van der Waals surface area contributed by atoms with Gasteiger partial charge in [0.15, 0.2) is 0 Å². The van der Waals surface area contributed by atoms with E-state index in [1.165, 1.54) is 6.42 Å². The van der Waals surface area contributed by atoms with Gasteiger partial charge in [0.05, 0.1) is 26.4 Å². The van der Waals surface area contributed by atoms with Gasteiger partial charge in [-0.3, -0.25) is 14.4 Å². The molecule has 232 valence electrons. The second-order valence-corrected chi connectivity index (χ2v) is 11.3. The van der Waals surface area contributed by atoms with E-state index in [4.69, 9.17) is 9.47 Å². The van der Waals surface area contributed by atoms with Gasteiger partial charge in [-0.2, -0.15) is 0 Å². The zero-order chi connectivity index (χ0) is 30.3. The van der Waals surface area contributed by atoms with Gasteiger partial charge < -0.3 is 30.3 Å². The number of amides is 4. The summed E-state index contributed by atoms with van der Waals surface area (Å²) in [7, 11) is 0. The predicted molar refractivity (Wildman–Crippen MR) is 162 cm³/mol. The van der Waals surface area contributed by atoms with E-state index in [1.807, 2.05) is 60.7 Å². The van der Waals surface area contributed by atoms with Gasteiger partial charge >= 0.3 is 6.03 Å². The number of morpholine rings is 1. The molecular formula is C33H44N4O6. The molecule has 43 heavy (non-hydrogen) atoms. The van der Waals surface area contributed by atoms with Crippen molar-refractivity contribution in [2.24, 2.45) is 5.92 Å². The number of nitrogens with zero attached hydrogens (tertiary/aromatic N) is 1. The van der Waals surface area contributed by atoms with Crippen molar-refractivity contribution in [3.63, 3.8) is 0 Å². The zero-order valence-corrected chi connectivity index (χ0v) is 24.8. The number of hydrogen-bond donors (Lipinski definition) is 3. The molecule has 2 fully saturated rings. The van der Waals surface area contributed by atoms with Crippen LogP contribution in [0.15, 0.2) is 60.7 Å². The maximum absolute atomic E-state index is 13.7. The maximum Gasteiger partial charge on any atom is 0.318 e. The Morgan fingerprint density at radius 3 is 2.16 bits per heavy atom. The van der Waals surface area contributed by atoms with Crippen molar-refractivity contribution in [1.29, 1.82) is 0 Å². The molecule has 1 saturated heterocycles. The van der Waals surface area contributed by atoms with Crippen molar-refractivity contribution in [3.05, 3.63) is 71.8 Å². The molecule has 1 saturated carbocycles. The molecule has 0 bridgehead atoms. The first kappa shape index (κ1) is 32.2. The minimum Gasteiger partial charge on any atom is -0.378 e. The maximum atomic E-state index is 13.7. The smallest absolute Gasteiger partial charge is 0.318 e. The van der Waals surface area contributed by atoms with E-state index in [1.54, 1.807) is 4.90 Å². The number of nitrogens with one attached hydrogen (secondary N) is 3. The van der Waals surface area contributed by atoms with Gasteiger partial charge in [0, 0.05) is 19.6 Å². The van der Waals surface area contributed by atoms with E-state index in [0.717, 1.165) is 36.8 Å². The van der Waals surface area contributed by atoms with Crippen molar-refractivity contribution in [2.45, 2.75) is 63.6 Å². The summed E-state index contributed by atoms with van der Waals surface area (Å²) in [5, 5.41) is 8.35. The van der Waals surface area contributed by atoms with Crippen molar-refractivity contribution in [2.75, 3.05) is 39.5 Å². The van der Waals surface area contributed by atoms with Crippen LogP contribution in [0.5, 0.6) is 0 Å². The first-order valence-electron chi connectivity index (χ1n) is 15.4. The van der Waals surface area contributed by atoms with E-state index in [0.29, 0.717) is 45.1 Å². The highest BCUT2D eigenvalue weighted by atomic mass is 16.5. The molecule has 2 aromatic carbocycles. The van der Waals surface area contributed by atoms with Gasteiger partial charge in [-0.15, -0.1) is 0 Å². The number of rotatable bonds is 14. The second-order valence-electron chi connectivity index (χ2n) is 11.3. The fourth-order valence-corrected chi connectivity index (χ4v) is 5.53. The lowest BCUT2D eigenvalue weighted by molar-refractivity contribution is -0.141. The van der Waals surface area contributed by atoms with Crippen molar-refractivity contribution in [3.8, 4) is 0 Å². The summed E-state index contributed by atoms with van der Waals surface area (Å²) >= 11 is 0. The van der Waals surface area contributed by atoms with E-state index in [2.05, 4.69) is 16.0 Å². The molecule has 2 aromatic rings. The van der Waals surface area contributed by atoms with E-state index < -0.39 is 29.7 Å². The van der Waals surface area contributed by atoms with E-state index >= 15 is 0 Å². The average molecular weight is 593 g/mol. The predicted octanol–water partition coefficient (Wildman–Crippen LogP) is 3.00. The van der Waals surface area contributed by atoms with Crippen molar-refractivity contribution >= 4 is 23.6 Å². The monoisotopic (exact) mass is 592 g/mol. The highest BCUT2D eigenvalue weighted by Crippen LogP contribution is 2.27. The molecule has 0 aromatic heterocycles. The molecule has 2 atom stereocenters. The fraction of sp³-hybridized carbons (Fsp3) is 0.515. The summed E-state index contributed by atoms with van der Waals surface area (Å²) < 4.78 is 11.2. The molecule has 2 aliphatic rings. The van der Waals surface area contributed by atoms with Gasteiger partial charge in [0.25, 0.3) is 5.91 Å². The first-order valence-corrected chi connectivity index (χ1v) is 15.4. The quantitative estimate of drug-likeness (QED) is 0.290. The molecule has 1 heterocycles. The standard InChI is InChI=1S/C33H44N4O6/c38-30(32(40)34-17-16-25-10-4-1-5-11-25)29(24-43-23-27-14-8-3-9-15-27)35-31(39)28(22-26-12-6-2-7-13-26)36-33(41)37-18-20-42-21-19-37/h1,3-5,8-11,14-15,26,28-29H,2,6-7,12-13,16-24H2,(H,34,40)(H,35,39)(H,36,41)/t28-,29+/m0/s1.